The number of fused-ring (bicyclic) bond motifs is 3. The van der Waals surface area contributed by atoms with Crippen molar-refractivity contribution in [3.63, 3.8) is 0 Å². The lowest BCUT2D eigenvalue weighted by Gasteiger charge is -2.21. The number of nitriles is 2. The van der Waals surface area contributed by atoms with Gasteiger partial charge in [0, 0.05) is 38.6 Å². The Hall–Kier alpha value is -8.38. The fourth-order valence-electron chi connectivity index (χ4n) is 8.19. The summed E-state index contributed by atoms with van der Waals surface area (Å²) in [6.07, 6.45) is 0. The molecule has 8 aromatic carbocycles. The van der Waals surface area contributed by atoms with E-state index in [-0.39, 0.29) is 0 Å². The lowest BCUT2D eigenvalue weighted by Crippen LogP contribution is -2.03. The van der Waals surface area contributed by atoms with Crippen LogP contribution < -0.4 is 0 Å². The number of rotatable bonds is 7. The van der Waals surface area contributed by atoms with Gasteiger partial charge in [0.05, 0.1) is 51.4 Å². The second-order valence-corrected chi connectivity index (χ2v) is 14.9. The molecule has 0 aliphatic heterocycles. The summed E-state index contributed by atoms with van der Waals surface area (Å²) in [6, 6.07) is 70.8. The van der Waals surface area contributed by atoms with Crippen molar-refractivity contribution in [2.75, 3.05) is 0 Å². The molecule has 0 saturated carbocycles. The van der Waals surface area contributed by atoms with Gasteiger partial charge < -0.3 is 4.57 Å². The molecule has 0 spiro atoms. The zero-order valence-electron chi connectivity index (χ0n) is 32.7. The molecule has 2 heterocycles. The van der Waals surface area contributed by atoms with Gasteiger partial charge in [-0.25, -0.2) is 9.97 Å². The van der Waals surface area contributed by atoms with Crippen LogP contribution in [-0.4, -0.2) is 14.5 Å². The molecule has 0 fully saturated rings. The maximum atomic E-state index is 10.2. The Kier molecular flexibility index (Phi) is 9.10. The minimum absolute atomic E-state index is 0.551. The van der Waals surface area contributed by atoms with E-state index in [1.165, 1.54) is 5.56 Å². The summed E-state index contributed by atoms with van der Waals surface area (Å²) in [4.78, 5) is 10.5. The van der Waals surface area contributed by atoms with Crippen molar-refractivity contribution in [3.8, 4) is 85.1 Å². The number of benzene rings is 8. The topological polar surface area (TPSA) is 78.3 Å². The first-order valence-corrected chi connectivity index (χ1v) is 19.8. The van der Waals surface area contributed by atoms with Crippen LogP contribution in [0.15, 0.2) is 194 Å². The van der Waals surface area contributed by atoms with E-state index in [1.807, 2.05) is 78.9 Å². The van der Waals surface area contributed by atoms with Gasteiger partial charge in [-0.2, -0.15) is 10.5 Å². The molecule has 0 radical (unpaired) electrons. The van der Waals surface area contributed by atoms with Crippen LogP contribution in [0.1, 0.15) is 16.7 Å². The van der Waals surface area contributed by atoms with E-state index in [0.29, 0.717) is 17.0 Å². The van der Waals surface area contributed by atoms with Crippen molar-refractivity contribution < 1.29 is 0 Å². The van der Waals surface area contributed by atoms with Gasteiger partial charge in [-0.3, -0.25) is 0 Å². The SMILES string of the molecule is Cc1ccc(-c2ccc3c(c2)c2ccccc2n3-c2c(-c3cccc(C#N)c3)cc(-c3nc(-c4ccccc4)cc(-c4ccccc4)n3)cc2-c2cccc(C#N)c2)cc1. The van der Waals surface area contributed by atoms with Crippen molar-refractivity contribution >= 4 is 21.8 Å². The van der Waals surface area contributed by atoms with Gasteiger partial charge in [-0.05, 0) is 89.8 Å². The van der Waals surface area contributed by atoms with E-state index >= 15 is 0 Å². The molecule has 10 aromatic rings. The molecule has 280 valence electrons. The fourth-order valence-corrected chi connectivity index (χ4v) is 8.19. The summed E-state index contributed by atoms with van der Waals surface area (Å²) < 4.78 is 2.34. The first-order chi connectivity index (χ1) is 29.5. The van der Waals surface area contributed by atoms with Crippen molar-refractivity contribution in [2.24, 2.45) is 0 Å². The molecule has 0 unspecified atom stereocenters. The molecule has 0 N–H and O–H groups in total. The Morgan fingerprint density at radius 2 is 0.917 bits per heavy atom. The smallest absolute Gasteiger partial charge is 0.160 e. The highest BCUT2D eigenvalue weighted by Crippen LogP contribution is 2.45. The predicted molar refractivity (Wildman–Crippen MR) is 243 cm³/mol. The first-order valence-electron chi connectivity index (χ1n) is 19.8. The van der Waals surface area contributed by atoms with E-state index in [2.05, 4.69) is 139 Å². The van der Waals surface area contributed by atoms with E-state index in [4.69, 9.17) is 9.97 Å². The van der Waals surface area contributed by atoms with Crippen LogP contribution in [0.5, 0.6) is 0 Å². The van der Waals surface area contributed by atoms with Gasteiger partial charge in [-0.15, -0.1) is 0 Å². The van der Waals surface area contributed by atoms with Gasteiger partial charge in [0.25, 0.3) is 0 Å². The Bertz CT molecular complexity index is 3200. The summed E-state index contributed by atoms with van der Waals surface area (Å²) in [5.41, 5.74) is 15.5. The van der Waals surface area contributed by atoms with Crippen molar-refractivity contribution in [1.82, 2.24) is 14.5 Å². The molecule has 5 heteroatoms. The normalized spacial score (nSPS) is 11.1. The van der Waals surface area contributed by atoms with Gasteiger partial charge >= 0.3 is 0 Å². The summed E-state index contributed by atoms with van der Waals surface area (Å²) in [6.45, 7) is 2.11. The number of para-hydroxylation sites is 1. The van der Waals surface area contributed by atoms with Gasteiger partial charge in [0.15, 0.2) is 5.82 Å². The monoisotopic (exact) mass is 765 g/mol. The van der Waals surface area contributed by atoms with Crippen molar-refractivity contribution in [1.29, 1.82) is 10.5 Å². The van der Waals surface area contributed by atoms with E-state index in [9.17, 15) is 10.5 Å². The van der Waals surface area contributed by atoms with Crippen LogP contribution in [0, 0.1) is 29.6 Å². The fraction of sp³-hybridized carbons (Fsp3) is 0.0182. The third-order valence-electron chi connectivity index (χ3n) is 11.1. The average molecular weight is 766 g/mol. The second-order valence-electron chi connectivity index (χ2n) is 14.9. The minimum Gasteiger partial charge on any atom is -0.308 e. The van der Waals surface area contributed by atoms with Crippen molar-refractivity contribution in [2.45, 2.75) is 6.92 Å². The van der Waals surface area contributed by atoms with Gasteiger partial charge in [0.1, 0.15) is 0 Å². The summed E-state index contributed by atoms with van der Waals surface area (Å²) in [5.74, 6) is 0.557. The minimum atomic E-state index is 0.551. The zero-order valence-corrected chi connectivity index (χ0v) is 32.7. The summed E-state index contributed by atoms with van der Waals surface area (Å²) in [5, 5.41) is 22.6. The van der Waals surface area contributed by atoms with Crippen LogP contribution in [0.4, 0.5) is 0 Å². The van der Waals surface area contributed by atoms with Crippen LogP contribution in [0.3, 0.4) is 0 Å². The number of nitrogens with zero attached hydrogens (tertiary/aromatic N) is 5. The lowest BCUT2D eigenvalue weighted by molar-refractivity contribution is 1.17. The molecular formula is C55H35N5. The molecule has 0 saturated heterocycles. The van der Waals surface area contributed by atoms with Gasteiger partial charge in [0.2, 0.25) is 0 Å². The number of aryl methyl sites for hydroxylation is 1. The Balaban J connectivity index is 1.33. The maximum Gasteiger partial charge on any atom is 0.160 e. The lowest BCUT2D eigenvalue weighted by atomic mass is 9.91. The van der Waals surface area contributed by atoms with E-state index in [0.717, 1.165) is 89.0 Å². The Morgan fingerprint density at radius 3 is 1.50 bits per heavy atom. The number of hydrogen-bond donors (Lipinski definition) is 0. The predicted octanol–water partition coefficient (Wildman–Crippen LogP) is 13.6. The second kappa shape index (κ2) is 15.2. The standard InChI is InChI=1S/C55H35N5/c1-36-22-24-39(25-23-36)42-26-27-53-49(30-42)46-20-8-9-21-52(46)60(53)54-47(43-18-10-12-37(28-43)34-56)31-45(32-48(54)44-19-11-13-38(29-44)35-57)55-58-50(40-14-4-2-5-15-40)33-51(59-55)41-16-6-3-7-17-41/h2-33H,1H3. The average Bonchev–Trinajstić information content (AvgIpc) is 3.65. The number of aromatic nitrogens is 3. The highest BCUT2D eigenvalue weighted by molar-refractivity contribution is 6.12. The van der Waals surface area contributed by atoms with E-state index < -0.39 is 0 Å². The third kappa shape index (κ3) is 6.57. The molecule has 2 aromatic heterocycles. The molecule has 0 amide bonds. The molecular weight excluding hydrogens is 731 g/mol. The first kappa shape index (κ1) is 36.0. The van der Waals surface area contributed by atoms with Crippen molar-refractivity contribution in [3.05, 3.63) is 211 Å². The van der Waals surface area contributed by atoms with Crippen LogP contribution >= 0.6 is 0 Å². The van der Waals surface area contributed by atoms with Crippen LogP contribution in [-0.2, 0) is 0 Å². The third-order valence-corrected chi connectivity index (χ3v) is 11.1. The summed E-state index contributed by atoms with van der Waals surface area (Å²) in [7, 11) is 0. The highest BCUT2D eigenvalue weighted by atomic mass is 15.0. The van der Waals surface area contributed by atoms with Crippen LogP contribution in [0.2, 0.25) is 0 Å². The van der Waals surface area contributed by atoms with Gasteiger partial charge in [-0.1, -0.05) is 139 Å². The molecule has 0 aliphatic carbocycles. The number of hydrogen-bond acceptors (Lipinski definition) is 4. The largest absolute Gasteiger partial charge is 0.308 e. The van der Waals surface area contributed by atoms with E-state index in [1.54, 1.807) is 0 Å². The maximum absolute atomic E-state index is 10.2. The van der Waals surface area contributed by atoms with Crippen LogP contribution in [0.25, 0.3) is 94.8 Å². The zero-order chi connectivity index (χ0) is 40.6. The quantitative estimate of drug-likeness (QED) is 0.162. The molecule has 10 rings (SSSR count). The molecule has 0 bridgehead atoms. The molecule has 5 nitrogen and oxygen atoms in total. The molecule has 0 aliphatic rings. The highest BCUT2D eigenvalue weighted by Gasteiger charge is 2.23. The Labute approximate surface area is 348 Å². The summed E-state index contributed by atoms with van der Waals surface area (Å²) >= 11 is 0. The Morgan fingerprint density at radius 1 is 0.400 bits per heavy atom. The molecule has 0 atom stereocenters. The molecule has 60 heavy (non-hydrogen) atoms.